The minimum atomic E-state index is 0.472. The van der Waals surface area contributed by atoms with Crippen molar-refractivity contribution >= 4 is 0 Å². The molecule has 0 aliphatic heterocycles. The molecule has 0 bridgehead atoms. The van der Waals surface area contributed by atoms with Crippen molar-refractivity contribution in [2.24, 2.45) is 0 Å². The first-order chi connectivity index (χ1) is 11.3. The Balaban J connectivity index is 1.97. The molecular formula is C24H30. The van der Waals surface area contributed by atoms with E-state index in [4.69, 9.17) is 0 Å². The molecule has 3 rings (SSSR count). The fourth-order valence-electron chi connectivity index (χ4n) is 4.58. The Morgan fingerprint density at radius 2 is 0.625 bits per heavy atom. The maximum Gasteiger partial charge on any atom is 0.0263 e. The van der Waals surface area contributed by atoms with E-state index in [1.54, 1.807) is 0 Å². The van der Waals surface area contributed by atoms with Crippen molar-refractivity contribution in [3.63, 3.8) is 0 Å². The van der Waals surface area contributed by atoms with Crippen molar-refractivity contribution in [2.45, 2.75) is 67.2 Å². The molecule has 0 heteroatoms. The standard InChI is InChI=1S/C24H30/c1-13-14(2)18(6)23(17(13)5)21-9-11-22(12-10-21)24-19(7)15(3)16(4)20(24)8/h9-12,23-24H,1-8H3. The van der Waals surface area contributed by atoms with E-state index in [-0.39, 0.29) is 0 Å². The first-order valence-corrected chi connectivity index (χ1v) is 9.05. The largest absolute Gasteiger partial charge is 0.0585 e. The zero-order valence-electron chi connectivity index (χ0n) is 16.5. The number of hydrogen-bond acceptors (Lipinski definition) is 0. The molecule has 0 fully saturated rings. The third kappa shape index (κ3) is 2.35. The number of benzene rings is 1. The molecule has 1 aromatic carbocycles. The number of allylic oxidation sites excluding steroid dienone is 8. The SMILES string of the molecule is CC1=C(C)C(c2ccc(C3C(C)=C(C)C(C)=C3C)cc2)C(C)=C1C. The van der Waals surface area contributed by atoms with Crippen molar-refractivity contribution in [1.29, 1.82) is 0 Å². The van der Waals surface area contributed by atoms with Gasteiger partial charge in [0.05, 0.1) is 0 Å². The Morgan fingerprint density at radius 1 is 0.417 bits per heavy atom. The predicted octanol–water partition coefficient (Wildman–Crippen LogP) is 7.23. The van der Waals surface area contributed by atoms with Gasteiger partial charge in [-0.1, -0.05) is 46.6 Å². The van der Waals surface area contributed by atoms with Crippen molar-refractivity contribution in [2.75, 3.05) is 0 Å². The topological polar surface area (TPSA) is 0 Å². The van der Waals surface area contributed by atoms with Crippen LogP contribution in [0.25, 0.3) is 0 Å². The van der Waals surface area contributed by atoms with E-state index >= 15 is 0 Å². The van der Waals surface area contributed by atoms with Gasteiger partial charge < -0.3 is 0 Å². The molecular weight excluding hydrogens is 288 g/mol. The zero-order valence-corrected chi connectivity index (χ0v) is 16.5. The third-order valence-electron chi connectivity index (χ3n) is 6.83. The van der Waals surface area contributed by atoms with Crippen molar-refractivity contribution < 1.29 is 0 Å². The maximum absolute atomic E-state index is 2.35. The van der Waals surface area contributed by atoms with Crippen molar-refractivity contribution in [1.82, 2.24) is 0 Å². The van der Waals surface area contributed by atoms with E-state index in [2.05, 4.69) is 79.7 Å². The summed E-state index contributed by atoms with van der Waals surface area (Å²) in [4.78, 5) is 0. The van der Waals surface area contributed by atoms with Crippen LogP contribution in [0.3, 0.4) is 0 Å². The van der Waals surface area contributed by atoms with Gasteiger partial charge in [0.25, 0.3) is 0 Å². The van der Waals surface area contributed by atoms with Gasteiger partial charge in [-0.25, -0.2) is 0 Å². The highest BCUT2D eigenvalue weighted by Crippen LogP contribution is 2.45. The molecule has 1 aromatic rings. The first kappa shape index (κ1) is 17.0. The second-order valence-corrected chi connectivity index (χ2v) is 7.76. The van der Waals surface area contributed by atoms with Gasteiger partial charge in [-0.3, -0.25) is 0 Å². The van der Waals surface area contributed by atoms with Gasteiger partial charge in [0.15, 0.2) is 0 Å². The van der Waals surface area contributed by atoms with Crippen LogP contribution in [0.1, 0.15) is 78.4 Å². The smallest absolute Gasteiger partial charge is 0.0263 e. The highest BCUT2D eigenvalue weighted by atomic mass is 14.3. The normalized spacial score (nSPS) is 20.3. The molecule has 0 spiro atoms. The van der Waals surface area contributed by atoms with E-state index in [0.29, 0.717) is 11.8 Å². The summed E-state index contributed by atoms with van der Waals surface area (Å²) < 4.78 is 0. The highest BCUT2D eigenvalue weighted by molar-refractivity contribution is 5.56. The van der Waals surface area contributed by atoms with Crippen molar-refractivity contribution in [3.05, 3.63) is 80.0 Å². The second-order valence-electron chi connectivity index (χ2n) is 7.76. The summed E-state index contributed by atoms with van der Waals surface area (Å²) in [5.41, 5.74) is 14.8. The summed E-state index contributed by atoms with van der Waals surface area (Å²) in [5.74, 6) is 0.943. The van der Waals surface area contributed by atoms with Crippen LogP contribution in [0.15, 0.2) is 68.9 Å². The molecule has 0 unspecified atom stereocenters. The minimum Gasteiger partial charge on any atom is -0.0585 e. The molecule has 0 saturated carbocycles. The van der Waals surface area contributed by atoms with Gasteiger partial charge in [-0.15, -0.1) is 0 Å². The van der Waals surface area contributed by atoms with Gasteiger partial charge in [0.2, 0.25) is 0 Å². The van der Waals surface area contributed by atoms with Gasteiger partial charge in [0.1, 0.15) is 0 Å². The van der Waals surface area contributed by atoms with Crippen LogP contribution in [-0.2, 0) is 0 Å². The quantitative estimate of drug-likeness (QED) is 0.539. The summed E-state index contributed by atoms with van der Waals surface area (Å²) in [6.07, 6.45) is 0. The molecule has 0 saturated heterocycles. The Bertz CT molecular complexity index is 700. The monoisotopic (exact) mass is 318 g/mol. The summed E-state index contributed by atoms with van der Waals surface area (Å²) >= 11 is 0. The Hall–Kier alpha value is -1.82. The summed E-state index contributed by atoms with van der Waals surface area (Å²) in [6.45, 7) is 18.2. The van der Waals surface area contributed by atoms with Crippen LogP contribution in [0, 0.1) is 0 Å². The highest BCUT2D eigenvalue weighted by Gasteiger charge is 2.28. The molecule has 126 valence electrons. The zero-order chi connectivity index (χ0) is 17.8. The van der Waals surface area contributed by atoms with Crippen LogP contribution >= 0.6 is 0 Å². The minimum absolute atomic E-state index is 0.472. The predicted molar refractivity (Wildman–Crippen MR) is 105 cm³/mol. The first-order valence-electron chi connectivity index (χ1n) is 9.05. The van der Waals surface area contributed by atoms with Crippen LogP contribution in [0.2, 0.25) is 0 Å². The van der Waals surface area contributed by atoms with Gasteiger partial charge in [0, 0.05) is 11.8 Å². The fourth-order valence-corrected chi connectivity index (χ4v) is 4.58. The lowest BCUT2D eigenvalue weighted by Crippen LogP contribution is -2.02. The lowest BCUT2D eigenvalue weighted by molar-refractivity contribution is 0.912. The summed E-state index contributed by atoms with van der Waals surface area (Å²) in [7, 11) is 0. The van der Waals surface area contributed by atoms with E-state index in [1.807, 2.05) is 0 Å². The number of rotatable bonds is 2. The third-order valence-corrected chi connectivity index (χ3v) is 6.83. The lowest BCUT2D eigenvalue weighted by atomic mass is 9.85. The summed E-state index contributed by atoms with van der Waals surface area (Å²) in [5, 5.41) is 0. The molecule has 2 aliphatic rings. The molecule has 0 N–H and O–H groups in total. The van der Waals surface area contributed by atoms with Crippen LogP contribution < -0.4 is 0 Å². The van der Waals surface area contributed by atoms with Crippen LogP contribution in [0.4, 0.5) is 0 Å². The molecule has 0 radical (unpaired) electrons. The van der Waals surface area contributed by atoms with E-state index in [1.165, 1.54) is 55.7 Å². The maximum atomic E-state index is 2.35. The second kappa shape index (κ2) is 5.92. The molecule has 0 atom stereocenters. The summed E-state index contributed by atoms with van der Waals surface area (Å²) in [6, 6.07) is 9.40. The van der Waals surface area contributed by atoms with E-state index in [9.17, 15) is 0 Å². The fraction of sp³-hybridized carbons (Fsp3) is 0.417. The Labute approximate surface area is 147 Å². The molecule has 24 heavy (non-hydrogen) atoms. The molecule has 0 heterocycles. The van der Waals surface area contributed by atoms with Gasteiger partial charge >= 0.3 is 0 Å². The average molecular weight is 319 g/mol. The number of hydrogen-bond donors (Lipinski definition) is 0. The van der Waals surface area contributed by atoms with Gasteiger partial charge in [-0.05, 0) is 88.8 Å². The van der Waals surface area contributed by atoms with Crippen LogP contribution in [-0.4, -0.2) is 0 Å². The molecule has 0 nitrogen and oxygen atoms in total. The van der Waals surface area contributed by atoms with E-state index < -0.39 is 0 Å². The Kier molecular flexibility index (Phi) is 4.20. The average Bonchev–Trinajstić information content (AvgIpc) is 2.88. The Morgan fingerprint density at radius 3 is 0.833 bits per heavy atom. The van der Waals surface area contributed by atoms with Crippen molar-refractivity contribution in [3.8, 4) is 0 Å². The molecule has 2 aliphatic carbocycles. The molecule has 0 amide bonds. The molecule has 0 aromatic heterocycles. The van der Waals surface area contributed by atoms with Gasteiger partial charge in [-0.2, -0.15) is 0 Å². The van der Waals surface area contributed by atoms with E-state index in [0.717, 1.165) is 0 Å². The lowest BCUT2D eigenvalue weighted by Gasteiger charge is -2.19. The van der Waals surface area contributed by atoms with Crippen LogP contribution in [0.5, 0.6) is 0 Å².